The van der Waals surface area contributed by atoms with Crippen LogP contribution in [-0.4, -0.2) is 0 Å². The van der Waals surface area contributed by atoms with Gasteiger partial charge in [0.15, 0.2) is 0 Å². The molecule has 0 spiro atoms. The highest BCUT2D eigenvalue weighted by Gasteiger charge is 2.13. The smallest absolute Gasteiger partial charge is 0.143 e. The van der Waals surface area contributed by atoms with Gasteiger partial charge in [-0.1, -0.05) is 0 Å². The molecule has 0 fully saturated rings. The van der Waals surface area contributed by atoms with Crippen LogP contribution >= 0.6 is 95.6 Å². The summed E-state index contributed by atoms with van der Waals surface area (Å²) in [5, 5.41) is 0. The maximum absolute atomic E-state index is 5.88. The van der Waals surface area contributed by atoms with Gasteiger partial charge in [-0.15, -0.1) is 0 Å². The molecule has 0 aliphatic carbocycles. The first kappa shape index (κ1) is 16.5. The third-order valence-corrected chi connectivity index (χ3v) is 8.69. The molecule has 19 heavy (non-hydrogen) atoms. The molecule has 1 nitrogen and oxygen atoms in total. The summed E-state index contributed by atoms with van der Waals surface area (Å²) in [6.45, 7) is 0. The average Bonchev–Trinajstić information content (AvgIpc) is 2.38. The highest BCUT2D eigenvalue weighted by atomic mass is 79.9. The standard InChI is InChI=1S/C12H4Br6O/c13-6-2-1-5(3-7(6)14)19-9-4-8(15)10(16)12(18)11(9)17/h1-4H. The highest BCUT2D eigenvalue weighted by molar-refractivity contribution is 9.15. The molecule has 0 N–H and O–H groups in total. The van der Waals surface area contributed by atoms with Crippen molar-refractivity contribution < 1.29 is 4.74 Å². The van der Waals surface area contributed by atoms with E-state index in [2.05, 4.69) is 95.6 Å². The lowest BCUT2D eigenvalue weighted by Crippen LogP contribution is -1.88. The van der Waals surface area contributed by atoms with E-state index in [1.807, 2.05) is 24.3 Å². The van der Waals surface area contributed by atoms with Crippen LogP contribution in [0.1, 0.15) is 0 Å². The third-order valence-electron chi connectivity index (χ3n) is 2.19. The molecule has 0 aromatic heterocycles. The minimum Gasteiger partial charge on any atom is -0.456 e. The first-order chi connectivity index (χ1) is 8.90. The first-order valence-corrected chi connectivity index (χ1v) is 9.62. The number of hydrogen-bond acceptors (Lipinski definition) is 1. The quantitative estimate of drug-likeness (QED) is 0.238. The first-order valence-electron chi connectivity index (χ1n) is 4.86. The van der Waals surface area contributed by atoms with E-state index in [1.54, 1.807) is 0 Å². The summed E-state index contributed by atoms with van der Waals surface area (Å²) < 4.78 is 11.4. The average molecular weight is 644 g/mol. The summed E-state index contributed by atoms with van der Waals surface area (Å²) in [6, 6.07) is 7.62. The molecule has 0 unspecified atom stereocenters. The SMILES string of the molecule is Brc1ccc(Oc2cc(Br)c(Br)c(Br)c2Br)cc1Br. The van der Waals surface area contributed by atoms with Gasteiger partial charge < -0.3 is 4.74 Å². The van der Waals surface area contributed by atoms with E-state index >= 15 is 0 Å². The van der Waals surface area contributed by atoms with Crippen molar-refractivity contribution in [2.24, 2.45) is 0 Å². The van der Waals surface area contributed by atoms with Crippen molar-refractivity contribution in [1.82, 2.24) is 0 Å². The Hall–Kier alpha value is 1.12. The minimum absolute atomic E-state index is 0.719. The van der Waals surface area contributed by atoms with Gasteiger partial charge in [-0.2, -0.15) is 0 Å². The number of benzene rings is 2. The van der Waals surface area contributed by atoms with Gasteiger partial charge in [-0.05, 0) is 120 Å². The maximum atomic E-state index is 5.88. The summed E-state index contributed by atoms with van der Waals surface area (Å²) in [6.07, 6.45) is 0. The molecule has 0 saturated carbocycles. The number of rotatable bonds is 2. The van der Waals surface area contributed by atoms with Crippen molar-refractivity contribution in [2.75, 3.05) is 0 Å². The van der Waals surface area contributed by atoms with Crippen LogP contribution in [0.2, 0.25) is 0 Å². The van der Waals surface area contributed by atoms with Gasteiger partial charge in [0.2, 0.25) is 0 Å². The van der Waals surface area contributed by atoms with Crippen LogP contribution in [0.25, 0.3) is 0 Å². The molecule has 100 valence electrons. The zero-order valence-electron chi connectivity index (χ0n) is 8.99. The summed E-state index contributed by atoms with van der Waals surface area (Å²) in [7, 11) is 0. The molecule has 0 heterocycles. The van der Waals surface area contributed by atoms with Gasteiger partial charge in [0.25, 0.3) is 0 Å². The summed E-state index contributed by atoms with van der Waals surface area (Å²) >= 11 is 20.8. The number of halogens is 6. The van der Waals surface area contributed by atoms with E-state index in [9.17, 15) is 0 Å². The zero-order chi connectivity index (χ0) is 14.2. The number of hydrogen-bond donors (Lipinski definition) is 0. The molecule has 0 bridgehead atoms. The van der Waals surface area contributed by atoms with Crippen molar-refractivity contribution in [2.45, 2.75) is 0 Å². The van der Waals surface area contributed by atoms with Crippen molar-refractivity contribution in [3.05, 3.63) is 51.1 Å². The van der Waals surface area contributed by atoms with Crippen LogP contribution in [0.5, 0.6) is 11.5 Å². The molecule has 2 aromatic carbocycles. The largest absolute Gasteiger partial charge is 0.456 e. The van der Waals surface area contributed by atoms with Gasteiger partial charge in [0.05, 0.1) is 8.95 Å². The Bertz CT molecular complexity index is 641. The normalized spacial score (nSPS) is 10.6. The van der Waals surface area contributed by atoms with Crippen molar-refractivity contribution in [3.8, 4) is 11.5 Å². The van der Waals surface area contributed by atoms with E-state index < -0.39 is 0 Å². The van der Waals surface area contributed by atoms with Gasteiger partial charge in [-0.3, -0.25) is 0 Å². The van der Waals surface area contributed by atoms with Gasteiger partial charge in [0.1, 0.15) is 11.5 Å². The van der Waals surface area contributed by atoms with Crippen LogP contribution in [0.3, 0.4) is 0 Å². The third kappa shape index (κ3) is 3.86. The fraction of sp³-hybridized carbons (Fsp3) is 0. The topological polar surface area (TPSA) is 9.23 Å². The van der Waals surface area contributed by atoms with E-state index in [1.165, 1.54) is 0 Å². The van der Waals surface area contributed by atoms with Crippen molar-refractivity contribution >= 4 is 95.6 Å². The fourth-order valence-electron chi connectivity index (χ4n) is 1.29. The highest BCUT2D eigenvalue weighted by Crippen LogP contribution is 2.44. The van der Waals surface area contributed by atoms with Crippen LogP contribution in [0.15, 0.2) is 51.1 Å². The van der Waals surface area contributed by atoms with Crippen molar-refractivity contribution in [1.29, 1.82) is 0 Å². The minimum atomic E-state index is 0.719. The Morgan fingerprint density at radius 3 is 1.95 bits per heavy atom. The summed E-state index contributed by atoms with van der Waals surface area (Å²) in [5.41, 5.74) is 0. The number of ether oxygens (including phenoxy) is 1. The zero-order valence-corrected chi connectivity index (χ0v) is 18.5. The maximum Gasteiger partial charge on any atom is 0.143 e. The van der Waals surface area contributed by atoms with Crippen LogP contribution < -0.4 is 4.74 Å². The van der Waals surface area contributed by atoms with Crippen LogP contribution in [-0.2, 0) is 0 Å². The van der Waals surface area contributed by atoms with E-state index in [4.69, 9.17) is 4.74 Å². The summed E-state index contributed by atoms with van der Waals surface area (Å²) in [5.74, 6) is 1.47. The van der Waals surface area contributed by atoms with Gasteiger partial charge >= 0.3 is 0 Å². The lowest BCUT2D eigenvalue weighted by molar-refractivity contribution is 0.478. The lowest BCUT2D eigenvalue weighted by atomic mass is 10.3. The Kier molecular flexibility index (Phi) is 6.01. The molecular formula is C12H4Br6O. The molecule has 0 saturated heterocycles. The second-order valence-electron chi connectivity index (χ2n) is 3.48. The monoisotopic (exact) mass is 638 g/mol. The van der Waals surface area contributed by atoms with E-state index in [0.29, 0.717) is 0 Å². The molecule has 2 rings (SSSR count). The molecule has 0 aliphatic rings. The van der Waals surface area contributed by atoms with Gasteiger partial charge in [0, 0.05) is 17.9 Å². The fourth-order valence-corrected chi connectivity index (χ4v) is 3.95. The lowest BCUT2D eigenvalue weighted by Gasteiger charge is -2.12. The Morgan fingerprint density at radius 1 is 0.632 bits per heavy atom. The van der Waals surface area contributed by atoms with Crippen LogP contribution in [0, 0.1) is 0 Å². The van der Waals surface area contributed by atoms with E-state index in [0.717, 1.165) is 38.3 Å². The molecule has 0 atom stereocenters. The Labute approximate surface area is 161 Å². The van der Waals surface area contributed by atoms with Crippen LogP contribution in [0.4, 0.5) is 0 Å². The predicted molar refractivity (Wildman–Crippen MR) is 99.2 cm³/mol. The van der Waals surface area contributed by atoms with Crippen molar-refractivity contribution in [3.63, 3.8) is 0 Å². The molecular weight excluding hydrogens is 640 g/mol. The van der Waals surface area contributed by atoms with E-state index in [-0.39, 0.29) is 0 Å². The Morgan fingerprint density at radius 2 is 1.32 bits per heavy atom. The second kappa shape index (κ2) is 6.92. The Balaban J connectivity index is 2.41. The predicted octanol–water partition coefficient (Wildman–Crippen LogP) is 8.05. The second-order valence-corrected chi connectivity index (χ2v) is 8.42. The van der Waals surface area contributed by atoms with Gasteiger partial charge in [-0.25, -0.2) is 0 Å². The molecule has 0 radical (unpaired) electrons. The molecule has 7 heteroatoms. The summed E-state index contributed by atoms with van der Waals surface area (Å²) in [4.78, 5) is 0. The molecule has 0 amide bonds. The molecule has 2 aromatic rings. The molecule has 0 aliphatic heterocycles.